The highest BCUT2D eigenvalue weighted by Gasteiger charge is 2.26. The highest BCUT2D eigenvalue weighted by molar-refractivity contribution is 7.10. The van der Waals surface area contributed by atoms with Gasteiger partial charge in [-0.2, -0.15) is 0 Å². The number of anilines is 1. The molecule has 2 heterocycles. The van der Waals surface area contributed by atoms with Crippen molar-refractivity contribution in [1.29, 1.82) is 0 Å². The topological polar surface area (TPSA) is 114 Å². The summed E-state index contributed by atoms with van der Waals surface area (Å²) in [6, 6.07) is 8.26. The molecule has 10 heteroatoms. The first kappa shape index (κ1) is 20.9. The lowest BCUT2D eigenvalue weighted by Gasteiger charge is -2.34. The zero-order chi connectivity index (χ0) is 20.8. The van der Waals surface area contributed by atoms with E-state index < -0.39 is 16.7 Å². The van der Waals surface area contributed by atoms with Gasteiger partial charge in [-0.15, -0.1) is 11.3 Å². The summed E-state index contributed by atoms with van der Waals surface area (Å²) in [5.41, 5.74) is 0.420. The number of nitro benzene ring substituents is 1. The number of aryl methyl sites for hydroxylation is 1. The molecule has 0 unspecified atom stereocenters. The van der Waals surface area contributed by atoms with Crippen molar-refractivity contribution in [2.75, 3.05) is 38.2 Å². The van der Waals surface area contributed by atoms with Crippen molar-refractivity contribution < 1.29 is 19.2 Å². The van der Waals surface area contributed by atoms with Gasteiger partial charge >= 0.3 is 11.8 Å². The number of carbonyl (C=O) groups is 2. The maximum Gasteiger partial charge on any atom is 0.313 e. The highest BCUT2D eigenvalue weighted by atomic mass is 32.1. The molecular weight excluding hydrogens is 396 g/mol. The Hall–Kier alpha value is -2.82. The van der Waals surface area contributed by atoms with E-state index in [4.69, 9.17) is 4.74 Å². The first-order chi connectivity index (χ1) is 14.0. The molecule has 0 spiro atoms. The SMILES string of the molecule is Cc1ccc(NC(=O)C(=O)NC[C@@H](c2cccs2)N2CCOCC2)c([N+](=O)[O-])c1. The Morgan fingerprint density at radius 3 is 2.69 bits per heavy atom. The van der Waals surface area contributed by atoms with Gasteiger partial charge < -0.3 is 15.4 Å². The van der Waals surface area contributed by atoms with Crippen LogP contribution in [0.15, 0.2) is 35.7 Å². The first-order valence-corrected chi connectivity index (χ1v) is 10.0. The van der Waals surface area contributed by atoms with Crippen LogP contribution in [0, 0.1) is 17.0 Å². The van der Waals surface area contributed by atoms with Crippen LogP contribution in [0.25, 0.3) is 0 Å². The van der Waals surface area contributed by atoms with E-state index in [9.17, 15) is 19.7 Å². The molecule has 1 fully saturated rings. The molecule has 1 atom stereocenters. The van der Waals surface area contributed by atoms with Crippen LogP contribution in [0.4, 0.5) is 11.4 Å². The molecule has 2 N–H and O–H groups in total. The molecular formula is C19H22N4O5S. The number of carbonyl (C=O) groups excluding carboxylic acids is 2. The third kappa shape index (κ3) is 5.37. The summed E-state index contributed by atoms with van der Waals surface area (Å²) in [5, 5.41) is 18.1. The van der Waals surface area contributed by atoms with Gasteiger partial charge in [0.05, 0.1) is 24.2 Å². The van der Waals surface area contributed by atoms with Crippen molar-refractivity contribution in [3.05, 3.63) is 56.3 Å². The number of morpholine rings is 1. The highest BCUT2D eigenvalue weighted by Crippen LogP contribution is 2.26. The van der Waals surface area contributed by atoms with Gasteiger partial charge in [-0.3, -0.25) is 24.6 Å². The molecule has 2 amide bonds. The van der Waals surface area contributed by atoms with E-state index in [1.54, 1.807) is 24.3 Å². The van der Waals surface area contributed by atoms with Crippen molar-refractivity contribution in [2.45, 2.75) is 13.0 Å². The van der Waals surface area contributed by atoms with E-state index >= 15 is 0 Å². The van der Waals surface area contributed by atoms with E-state index in [0.29, 0.717) is 18.8 Å². The molecule has 9 nitrogen and oxygen atoms in total. The van der Waals surface area contributed by atoms with Crippen LogP contribution < -0.4 is 10.6 Å². The third-order valence-electron chi connectivity index (χ3n) is 4.62. The molecule has 0 bridgehead atoms. The molecule has 3 rings (SSSR count). The van der Waals surface area contributed by atoms with Crippen LogP contribution in [0.3, 0.4) is 0 Å². The fraction of sp³-hybridized carbons (Fsp3) is 0.368. The summed E-state index contributed by atoms with van der Waals surface area (Å²) < 4.78 is 5.39. The number of hydrogen-bond acceptors (Lipinski definition) is 7. The molecule has 0 radical (unpaired) electrons. The predicted molar refractivity (Wildman–Crippen MR) is 109 cm³/mol. The first-order valence-electron chi connectivity index (χ1n) is 9.15. The van der Waals surface area contributed by atoms with Crippen LogP contribution in [0.5, 0.6) is 0 Å². The number of benzene rings is 1. The molecule has 1 aliphatic rings. The normalized spacial score (nSPS) is 15.5. The van der Waals surface area contributed by atoms with Crippen molar-refractivity contribution >= 4 is 34.5 Å². The second-order valence-corrected chi connectivity index (χ2v) is 7.60. The number of rotatable bonds is 6. The Kier molecular flexibility index (Phi) is 6.91. The van der Waals surface area contributed by atoms with Crippen molar-refractivity contribution in [1.82, 2.24) is 10.2 Å². The van der Waals surface area contributed by atoms with Crippen molar-refractivity contribution in [3.63, 3.8) is 0 Å². The van der Waals surface area contributed by atoms with Gasteiger partial charge in [-0.1, -0.05) is 12.1 Å². The summed E-state index contributed by atoms with van der Waals surface area (Å²) in [6.07, 6.45) is 0. The van der Waals surface area contributed by atoms with Gasteiger partial charge in [0.2, 0.25) is 0 Å². The summed E-state index contributed by atoms with van der Waals surface area (Å²) in [6.45, 7) is 4.67. The number of ether oxygens (including phenoxy) is 1. The van der Waals surface area contributed by atoms with Crippen LogP contribution in [-0.4, -0.2) is 54.5 Å². The average Bonchev–Trinajstić information content (AvgIpc) is 3.24. The summed E-state index contributed by atoms with van der Waals surface area (Å²) in [5.74, 6) is -1.78. The molecule has 2 aromatic rings. The maximum absolute atomic E-state index is 12.3. The number of hydrogen-bond donors (Lipinski definition) is 2. The Balaban J connectivity index is 1.64. The predicted octanol–water partition coefficient (Wildman–Crippen LogP) is 2.09. The molecule has 0 saturated carbocycles. The molecule has 154 valence electrons. The van der Waals surface area contributed by atoms with Crippen molar-refractivity contribution in [2.24, 2.45) is 0 Å². The third-order valence-corrected chi connectivity index (χ3v) is 5.59. The van der Waals surface area contributed by atoms with E-state index in [0.717, 1.165) is 18.0 Å². The largest absolute Gasteiger partial charge is 0.379 e. The molecule has 1 aromatic carbocycles. The van der Waals surface area contributed by atoms with Crippen LogP contribution in [0.1, 0.15) is 16.5 Å². The Bertz CT molecular complexity index is 881. The zero-order valence-corrected chi connectivity index (χ0v) is 16.7. The van der Waals surface area contributed by atoms with Crippen LogP contribution >= 0.6 is 11.3 Å². The Morgan fingerprint density at radius 2 is 2.03 bits per heavy atom. The number of thiophene rings is 1. The lowest BCUT2D eigenvalue weighted by molar-refractivity contribution is -0.384. The van der Waals surface area contributed by atoms with Gasteiger partial charge in [0, 0.05) is 30.6 Å². The number of nitrogens with one attached hydrogen (secondary N) is 2. The second-order valence-electron chi connectivity index (χ2n) is 6.62. The smallest absolute Gasteiger partial charge is 0.313 e. The van der Waals surface area contributed by atoms with Gasteiger partial charge in [0.15, 0.2) is 0 Å². The quantitative estimate of drug-likeness (QED) is 0.422. The minimum atomic E-state index is -0.941. The van der Waals surface area contributed by atoms with Gasteiger partial charge in [0.25, 0.3) is 5.69 Å². The summed E-state index contributed by atoms with van der Waals surface area (Å²) in [4.78, 5) is 38.5. The molecule has 1 saturated heterocycles. The fourth-order valence-electron chi connectivity index (χ4n) is 3.13. The second kappa shape index (κ2) is 9.59. The standard InChI is InChI=1S/C19H22N4O5S/c1-13-4-5-14(15(11-13)23(26)27)21-19(25)18(24)20-12-16(17-3-2-10-29-17)22-6-8-28-9-7-22/h2-5,10-11,16H,6-9,12H2,1H3,(H,20,24)(H,21,25)/t16-/m0/s1. The Labute approximate surface area is 171 Å². The Morgan fingerprint density at radius 1 is 1.28 bits per heavy atom. The fourth-order valence-corrected chi connectivity index (χ4v) is 3.99. The van der Waals surface area contributed by atoms with Gasteiger partial charge in [-0.25, -0.2) is 0 Å². The van der Waals surface area contributed by atoms with Gasteiger partial charge in [-0.05, 0) is 30.0 Å². The number of amides is 2. The zero-order valence-electron chi connectivity index (χ0n) is 15.9. The summed E-state index contributed by atoms with van der Waals surface area (Å²) in [7, 11) is 0. The van der Waals surface area contributed by atoms with Crippen LogP contribution in [-0.2, 0) is 14.3 Å². The molecule has 1 aromatic heterocycles. The van der Waals surface area contributed by atoms with E-state index in [1.165, 1.54) is 12.1 Å². The van der Waals surface area contributed by atoms with Crippen molar-refractivity contribution in [3.8, 4) is 0 Å². The minimum absolute atomic E-state index is 0.0104. The lowest BCUT2D eigenvalue weighted by atomic mass is 10.2. The van der Waals surface area contributed by atoms with Gasteiger partial charge in [0.1, 0.15) is 5.69 Å². The lowest BCUT2D eigenvalue weighted by Crippen LogP contribution is -2.45. The number of nitrogens with zero attached hydrogens (tertiary/aromatic N) is 2. The van der Waals surface area contributed by atoms with E-state index in [-0.39, 0.29) is 24.0 Å². The van der Waals surface area contributed by atoms with E-state index in [1.807, 2.05) is 17.5 Å². The maximum atomic E-state index is 12.3. The van der Waals surface area contributed by atoms with E-state index in [2.05, 4.69) is 15.5 Å². The minimum Gasteiger partial charge on any atom is -0.379 e. The molecule has 1 aliphatic heterocycles. The number of nitro groups is 1. The molecule has 0 aliphatic carbocycles. The monoisotopic (exact) mass is 418 g/mol. The summed E-state index contributed by atoms with van der Waals surface area (Å²) >= 11 is 1.58. The van der Waals surface area contributed by atoms with Crippen LogP contribution in [0.2, 0.25) is 0 Å². The molecule has 29 heavy (non-hydrogen) atoms. The average molecular weight is 418 g/mol.